The number of anilines is 1. The minimum Gasteiger partial charge on any atom is -0.411 e. The Bertz CT molecular complexity index is 506. The molecule has 0 aromatic heterocycles. The molecule has 0 radical (unpaired) electrons. The summed E-state index contributed by atoms with van der Waals surface area (Å²) in [5.74, 6) is 0.00214. The van der Waals surface area contributed by atoms with Crippen LogP contribution in [0, 0.1) is 0 Å². The predicted molar refractivity (Wildman–Crippen MR) is 68.1 cm³/mol. The average molecular weight is 256 g/mol. The van der Waals surface area contributed by atoms with Crippen molar-refractivity contribution in [2.24, 2.45) is 5.16 Å². The first-order valence-electron chi connectivity index (χ1n) is 5.21. The number of benzene rings is 1. The van der Waals surface area contributed by atoms with Crippen LogP contribution < -0.4 is 5.73 Å². The van der Waals surface area contributed by atoms with Crippen molar-refractivity contribution in [1.82, 2.24) is 0 Å². The summed E-state index contributed by atoms with van der Waals surface area (Å²) >= 11 is 0. The molecule has 0 aliphatic heterocycles. The Morgan fingerprint density at radius 2 is 1.94 bits per heavy atom. The third kappa shape index (κ3) is 2.97. The fourth-order valence-electron chi connectivity index (χ4n) is 1.45. The number of oxime groups is 1. The number of nitrogens with zero attached hydrogens (tertiary/aromatic N) is 1. The fraction of sp³-hybridized carbons (Fsp3) is 0.364. The fourth-order valence-corrected chi connectivity index (χ4v) is 2.47. The van der Waals surface area contributed by atoms with Gasteiger partial charge < -0.3 is 10.9 Å². The highest BCUT2D eigenvalue weighted by molar-refractivity contribution is 7.92. The van der Waals surface area contributed by atoms with Crippen LogP contribution in [0.4, 0.5) is 5.69 Å². The van der Waals surface area contributed by atoms with Crippen LogP contribution in [0.25, 0.3) is 0 Å². The minimum absolute atomic E-state index is 0.00214. The molecule has 0 fully saturated rings. The molecule has 0 aliphatic carbocycles. The van der Waals surface area contributed by atoms with Crippen molar-refractivity contribution in [1.29, 1.82) is 0 Å². The molecule has 1 unspecified atom stereocenters. The summed E-state index contributed by atoms with van der Waals surface area (Å²) in [6.07, 6.45) is 0. The van der Waals surface area contributed by atoms with Crippen LogP contribution in [0.3, 0.4) is 0 Å². The first-order valence-corrected chi connectivity index (χ1v) is 6.93. The van der Waals surface area contributed by atoms with Crippen LogP contribution in [-0.2, 0) is 9.84 Å². The summed E-state index contributed by atoms with van der Waals surface area (Å²) in [6, 6.07) is 6.52. The van der Waals surface area contributed by atoms with Gasteiger partial charge >= 0.3 is 0 Å². The van der Waals surface area contributed by atoms with Crippen LogP contribution in [-0.4, -0.2) is 30.3 Å². The van der Waals surface area contributed by atoms with Gasteiger partial charge in [0.25, 0.3) is 0 Å². The van der Waals surface area contributed by atoms with Crippen molar-refractivity contribution in [3.8, 4) is 0 Å². The van der Waals surface area contributed by atoms with E-state index in [2.05, 4.69) is 5.16 Å². The van der Waals surface area contributed by atoms with Gasteiger partial charge in [-0.3, -0.25) is 0 Å². The van der Waals surface area contributed by atoms with Gasteiger partial charge in [-0.05, 0) is 19.1 Å². The van der Waals surface area contributed by atoms with Crippen molar-refractivity contribution in [3.63, 3.8) is 0 Å². The van der Waals surface area contributed by atoms with Gasteiger partial charge in [-0.2, -0.15) is 0 Å². The Labute approximate surface area is 101 Å². The first kappa shape index (κ1) is 13.5. The molecule has 94 valence electrons. The maximum Gasteiger partial charge on any atom is 0.158 e. The normalized spacial score (nSPS) is 14.6. The van der Waals surface area contributed by atoms with E-state index in [0.29, 0.717) is 11.3 Å². The van der Waals surface area contributed by atoms with Crippen LogP contribution in [0.5, 0.6) is 0 Å². The Balaban J connectivity index is 3.14. The van der Waals surface area contributed by atoms with Gasteiger partial charge in [0.05, 0.1) is 0 Å². The van der Waals surface area contributed by atoms with E-state index >= 15 is 0 Å². The van der Waals surface area contributed by atoms with E-state index in [4.69, 9.17) is 10.9 Å². The standard InChI is InChI=1S/C11H16N2O3S/c1-3-17(15,16)8(2)11(13-14)9-4-6-10(12)7-5-9/h4-8,14H,3,12H2,1-2H3/b13-11-. The molecule has 6 heteroatoms. The van der Waals surface area contributed by atoms with E-state index in [-0.39, 0.29) is 11.5 Å². The van der Waals surface area contributed by atoms with E-state index in [1.54, 1.807) is 31.2 Å². The van der Waals surface area contributed by atoms with E-state index < -0.39 is 15.1 Å². The zero-order valence-electron chi connectivity index (χ0n) is 9.79. The molecule has 5 nitrogen and oxygen atoms in total. The van der Waals surface area contributed by atoms with E-state index in [0.717, 1.165) is 0 Å². The van der Waals surface area contributed by atoms with E-state index in [1.807, 2.05) is 0 Å². The van der Waals surface area contributed by atoms with Crippen molar-refractivity contribution >= 4 is 21.2 Å². The molecule has 0 saturated carbocycles. The first-order chi connectivity index (χ1) is 7.92. The zero-order valence-corrected chi connectivity index (χ0v) is 10.6. The second-order valence-electron chi connectivity index (χ2n) is 3.70. The highest BCUT2D eigenvalue weighted by Crippen LogP contribution is 2.14. The van der Waals surface area contributed by atoms with Crippen LogP contribution in [0.2, 0.25) is 0 Å². The zero-order chi connectivity index (χ0) is 13.1. The molecule has 0 heterocycles. The van der Waals surface area contributed by atoms with Crippen molar-refractivity contribution in [3.05, 3.63) is 29.8 Å². The third-order valence-corrected chi connectivity index (χ3v) is 4.75. The molecule has 17 heavy (non-hydrogen) atoms. The molecular formula is C11H16N2O3S. The summed E-state index contributed by atoms with van der Waals surface area (Å²) in [5, 5.41) is 11.2. The Hall–Kier alpha value is -1.56. The van der Waals surface area contributed by atoms with Gasteiger partial charge in [0.2, 0.25) is 0 Å². The summed E-state index contributed by atoms with van der Waals surface area (Å²) in [4.78, 5) is 0. The van der Waals surface area contributed by atoms with Gasteiger partial charge in [0.15, 0.2) is 9.84 Å². The molecule has 3 N–H and O–H groups in total. The molecule has 1 rings (SSSR count). The quantitative estimate of drug-likeness (QED) is 0.367. The Morgan fingerprint density at radius 1 is 1.41 bits per heavy atom. The number of hydrogen-bond acceptors (Lipinski definition) is 5. The van der Waals surface area contributed by atoms with Gasteiger partial charge in [0, 0.05) is 17.0 Å². The number of nitrogen functional groups attached to an aromatic ring is 1. The lowest BCUT2D eigenvalue weighted by Crippen LogP contribution is -2.29. The maximum absolute atomic E-state index is 11.7. The van der Waals surface area contributed by atoms with Crippen LogP contribution in [0.1, 0.15) is 19.4 Å². The number of hydrogen-bond donors (Lipinski definition) is 2. The minimum atomic E-state index is -3.29. The van der Waals surface area contributed by atoms with Gasteiger partial charge in [-0.1, -0.05) is 24.2 Å². The van der Waals surface area contributed by atoms with Crippen molar-refractivity contribution in [2.75, 3.05) is 11.5 Å². The van der Waals surface area contributed by atoms with Crippen LogP contribution >= 0.6 is 0 Å². The number of rotatable bonds is 4. The lowest BCUT2D eigenvalue weighted by Gasteiger charge is -2.13. The molecule has 0 saturated heterocycles. The summed E-state index contributed by atoms with van der Waals surface area (Å²) < 4.78 is 23.4. The van der Waals surface area contributed by atoms with Gasteiger partial charge in [-0.25, -0.2) is 8.42 Å². The van der Waals surface area contributed by atoms with Gasteiger partial charge in [-0.15, -0.1) is 0 Å². The summed E-state index contributed by atoms with van der Waals surface area (Å²) in [5.41, 5.74) is 6.78. The number of nitrogens with two attached hydrogens (primary N) is 1. The molecule has 1 atom stereocenters. The Morgan fingerprint density at radius 3 is 2.35 bits per heavy atom. The second-order valence-corrected chi connectivity index (χ2v) is 6.31. The monoisotopic (exact) mass is 256 g/mol. The lowest BCUT2D eigenvalue weighted by molar-refractivity contribution is 0.318. The molecule has 0 amide bonds. The highest BCUT2D eigenvalue weighted by Gasteiger charge is 2.25. The average Bonchev–Trinajstić information content (AvgIpc) is 2.32. The van der Waals surface area contributed by atoms with E-state index in [1.165, 1.54) is 6.92 Å². The molecule has 0 bridgehead atoms. The summed E-state index contributed by atoms with van der Waals surface area (Å²) in [6.45, 7) is 3.06. The van der Waals surface area contributed by atoms with Crippen LogP contribution in [0.15, 0.2) is 29.4 Å². The Kier molecular flexibility index (Phi) is 4.11. The van der Waals surface area contributed by atoms with E-state index in [9.17, 15) is 8.42 Å². The topological polar surface area (TPSA) is 92.8 Å². The molecule has 0 spiro atoms. The largest absolute Gasteiger partial charge is 0.411 e. The second kappa shape index (κ2) is 5.18. The third-order valence-electron chi connectivity index (χ3n) is 2.64. The number of sulfone groups is 1. The lowest BCUT2D eigenvalue weighted by atomic mass is 10.1. The predicted octanol–water partition coefficient (Wildman–Crippen LogP) is 1.27. The molecular weight excluding hydrogens is 240 g/mol. The highest BCUT2D eigenvalue weighted by atomic mass is 32.2. The molecule has 0 aliphatic rings. The smallest absolute Gasteiger partial charge is 0.158 e. The molecule has 1 aromatic carbocycles. The van der Waals surface area contributed by atoms with Gasteiger partial charge in [0.1, 0.15) is 11.0 Å². The SMILES string of the molecule is CCS(=O)(=O)C(C)/C(=N/O)c1ccc(N)cc1. The summed E-state index contributed by atoms with van der Waals surface area (Å²) in [7, 11) is -3.29. The van der Waals surface area contributed by atoms with Crippen molar-refractivity contribution < 1.29 is 13.6 Å². The van der Waals surface area contributed by atoms with Crippen molar-refractivity contribution in [2.45, 2.75) is 19.1 Å². The molecule has 1 aromatic rings. The maximum atomic E-state index is 11.7.